The zero-order valence-corrected chi connectivity index (χ0v) is 12.9. The zero-order chi connectivity index (χ0) is 15.5. The molecule has 120 valence electrons. The Bertz CT molecular complexity index is 567. The summed E-state index contributed by atoms with van der Waals surface area (Å²) in [4.78, 5) is 11.9. The van der Waals surface area contributed by atoms with Crippen LogP contribution in [-0.2, 0) is 11.2 Å². The van der Waals surface area contributed by atoms with Gasteiger partial charge in [0.15, 0.2) is 11.5 Å². The van der Waals surface area contributed by atoms with E-state index >= 15 is 0 Å². The molecule has 6 nitrogen and oxygen atoms in total. The number of benzene rings is 1. The fourth-order valence-electron chi connectivity index (χ4n) is 2.68. The van der Waals surface area contributed by atoms with E-state index in [0.29, 0.717) is 55.7 Å². The van der Waals surface area contributed by atoms with E-state index in [1.807, 2.05) is 12.1 Å². The summed E-state index contributed by atoms with van der Waals surface area (Å²) in [5.74, 6) is 1.16. The second kappa shape index (κ2) is 6.73. The molecule has 0 radical (unpaired) electrons. The first-order valence-corrected chi connectivity index (χ1v) is 7.78. The van der Waals surface area contributed by atoms with Gasteiger partial charge in [0.2, 0.25) is 5.91 Å². The molecule has 3 rings (SSSR count). The minimum Gasteiger partial charge on any atom is -0.486 e. The highest BCUT2D eigenvalue weighted by Gasteiger charge is 2.27. The number of aliphatic hydroxyl groups excluding tert-OH is 1. The molecule has 0 unspecified atom stereocenters. The fourth-order valence-corrected chi connectivity index (χ4v) is 2.97. The Balaban J connectivity index is 1.53. The minimum absolute atomic E-state index is 0.0832. The lowest BCUT2D eigenvalue weighted by molar-refractivity contribution is -0.122. The third kappa shape index (κ3) is 3.45. The SMILES string of the molecule is O=C(NCCc1cc(Cl)c2c(c1)OCCO2)[C@@H]1C[C@H](O)CN1. The van der Waals surface area contributed by atoms with Crippen LogP contribution in [0, 0.1) is 0 Å². The lowest BCUT2D eigenvalue weighted by atomic mass is 10.1. The van der Waals surface area contributed by atoms with Crippen molar-refractivity contribution in [3.63, 3.8) is 0 Å². The van der Waals surface area contributed by atoms with Crippen molar-refractivity contribution in [3.05, 3.63) is 22.7 Å². The van der Waals surface area contributed by atoms with Crippen LogP contribution in [0.5, 0.6) is 11.5 Å². The van der Waals surface area contributed by atoms with Crippen molar-refractivity contribution >= 4 is 17.5 Å². The minimum atomic E-state index is -0.438. The van der Waals surface area contributed by atoms with Crippen LogP contribution in [0.1, 0.15) is 12.0 Å². The van der Waals surface area contributed by atoms with Gasteiger partial charge in [-0.05, 0) is 30.5 Å². The van der Waals surface area contributed by atoms with Gasteiger partial charge in [0.25, 0.3) is 0 Å². The smallest absolute Gasteiger partial charge is 0.237 e. The molecule has 1 saturated heterocycles. The van der Waals surface area contributed by atoms with Crippen molar-refractivity contribution in [1.29, 1.82) is 0 Å². The molecule has 0 saturated carbocycles. The van der Waals surface area contributed by atoms with Gasteiger partial charge in [0.1, 0.15) is 13.2 Å². The lowest BCUT2D eigenvalue weighted by Crippen LogP contribution is -2.41. The van der Waals surface area contributed by atoms with E-state index < -0.39 is 6.10 Å². The van der Waals surface area contributed by atoms with E-state index in [1.54, 1.807) is 0 Å². The van der Waals surface area contributed by atoms with Gasteiger partial charge in [-0.3, -0.25) is 4.79 Å². The van der Waals surface area contributed by atoms with Gasteiger partial charge in [0.05, 0.1) is 17.2 Å². The van der Waals surface area contributed by atoms with Crippen LogP contribution in [0.4, 0.5) is 0 Å². The van der Waals surface area contributed by atoms with Crippen molar-refractivity contribution in [2.75, 3.05) is 26.3 Å². The van der Waals surface area contributed by atoms with Gasteiger partial charge in [-0.2, -0.15) is 0 Å². The number of carbonyl (C=O) groups is 1. The number of nitrogens with one attached hydrogen (secondary N) is 2. The van der Waals surface area contributed by atoms with E-state index in [-0.39, 0.29) is 11.9 Å². The maximum Gasteiger partial charge on any atom is 0.237 e. The molecule has 7 heteroatoms. The van der Waals surface area contributed by atoms with Crippen molar-refractivity contribution < 1.29 is 19.4 Å². The number of rotatable bonds is 4. The number of ether oxygens (including phenoxy) is 2. The van der Waals surface area contributed by atoms with Crippen LogP contribution in [0.15, 0.2) is 12.1 Å². The third-order valence-electron chi connectivity index (χ3n) is 3.79. The number of carbonyl (C=O) groups excluding carboxylic acids is 1. The van der Waals surface area contributed by atoms with Gasteiger partial charge in [0, 0.05) is 13.1 Å². The van der Waals surface area contributed by atoms with Crippen LogP contribution in [0.3, 0.4) is 0 Å². The second-order valence-corrected chi connectivity index (χ2v) is 5.90. The first kappa shape index (κ1) is 15.4. The maximum absolute atomic E-state index is 11.9. The van der Waals surface area contributed by atoms with E-state index in [2.05, 4.69) is 10.6 Å². The Morgan fingerprint density at radius 3 is 3.00 bits per heavy atom. The van der Waals surface area contributed by atoms with E-state index in [4.69, 9.17) is 21.1 Å². The quantitative estimate of drug-likeness (QED) is 0.750. The molecule has 2 atom stereocenters. The highest BCUT2D eigenvalue weighted by atomic mass is 35.5. The number of β-amino-alcohol motifs (C(OH)–C–C–N with tert-alkyl or cyclic N) is 1. The van der Waals surface area contributed by atoms with Gasteiger partial charge in [-0.1, -0.05) is 11.6 Å². The maximum atomic E-state index is 11.9. The molecule has 1 amide bonds. The molecular weight excluding hydrogens is 308 g/mol. The average Bonchev–Trinajstić information content (AvgIpc) is 2.94. The molecular formula is C15H19ClN2O4. The van der Waals surface area contributed by atoms with Crippen LogP contribution in [0.2, 0.25) is 5.02 Å². The summed E-state index contributed by atoms with van der Waals surface area (Å²) in [7, 11) is 0. The van der Waals surface area contributed by atoms with Gasteiger partial charge in [-0.25, -0.2) is 0 Å². The summed E-state index contributed by atoms with van der Waals surface area (Å²) >= 11 is 6.18. The Labute approximate surface area is 133 Å². The monoisotopic (exact) mass is 326 g/mol. The van der Waals surface area contributed by atoms with Crippen LogP contribution < -0.4 is 20.1 Å². The van der Waals surface area contributed by atoms with Crippen molar-refractivity contribution in [1.82, 2.24) is 10.6 Å². The predicted molar refractivity (Wildman–Crippen MR) is 81.6 cm³/mol. The van der Waals surface area contributed by atoms with E-state index in [0.717, 1.165) is 5.56 Å². The number of fused-ring (bicyclic) bond motifs is 1. The highest BCUT2D eigenvalue weighted by molar-refractivity contribution is 6.32. The van der Waals surface area contributed by atoms with Crippen LogP contribution in [0.25, 0.3) is 0 Å². The van der Waals surface area contributed by atoms with Crippen molar-refractivity contribution in [2.45, 2.75) is 25.0 Å². The molecule has 2 aliphatic rings. The predicted octanol–water partition coefficient (Wildman–Crippen LogP) is 0.493. The van der Waals surface area contributed by atoms with Gasteiger partial charge in [-0.15, -0.1) is 0 Å². The third-order valence-corrected chi connectivity index (χ3v) is 4.07. The zero-order valence-electron chi connectivity index (χ0n) is 12.1. The van der Waals surface area contributed by atoms with Crippen molar-refractivity contribution in [2.24, 2.45) is 0 Å². The number of hydrogen-bond donors (Lipinski definition) is 3. The summed E-state index contributed by atoms with van der Waals surface area (Å²) in [6.45, 7) is 1.99. The Hall–Kier alpha value is -1.50. The lowest BCUT2D eigenvalue weighted by Gasteiger charge is -2.20. The molecule has 1 aromatic carbocycles. The summed E-state index contributed by atoms with van der Waals surface area (Å²) in [5.41, 5.74) is 0.981. The molecule has 1 aromatic rings. The molecule has 22 heavy (non-hydrogen) atoms. The van der Waals surface area contributed by atoms with Crippen molar-refractivity contribution in [3.8, 4) is 11.5 Å². The Morgan fingerprint density at radius 2 is 2.23 bits per heavy atom. The highest BCUT2D eigenvalue weighted by Crippen LogP contribution is 2.38. The molecule has 3 N–H and O–H groups in total. The normalized spacial score (nSPS) is 23.4. The number of hydrogen-bond acceptors (Lipinski definition) is 5. The molecule has 0 spiro atoms. The van der Waals surface area contributed by atoms with E-state index in [1.165, 1.54) is 0 Å². The van der Waals surface area contributed by atoms with Gasteiger partial charge < -0.3 is 25.2 Å². The fraction of sp³-hybridized carbons (Fsp3) is 0.533. The van der Waals surface area contributed by atoms with Gasteiger partial charge >= 0.3 is 0 Å². The molecule has 0 bridgehead atoms. The summed E-state index contributed by atoms with van der Waals surface area (Å²) < 4.78 is 11.0. The Morgan fingerprint density at radius 1 is 1.41 bits per heavy atom. The summed E-state index contributed by atoms with van der Waals surface area (Å²) in [5, 5.41) is 15.8. The molecule has 0 aromatic heterocycles. The molecule has 1 fully saturated rings. The first-order chi connectivity index (χ1) is 10.6. The standard InChI is InChI=1S/C15H19ClN2O4/c16-11-5-9(6-13-14(11)22-4-3-21-13)1-2-17-15(20)12-7-10(19)8-18-12/h5-6,10,12,18-19H,1-4,7-8H2,(H,17,20)/t10-,12-/m0/s1. The largest absolute Gasteiger partial charge is 0.486 e. The first-order valence-electron chi connectivity index (χ1n) is 7.40. The average molecular weight is 327 g/mol. The summed E-state index contributed by atoms with van der Waals surface area (Å²) in [6.07, 6.45) is 0.673. The summed E-state index contributed by atoms with van der Waals surface area (Å²) in [6, 6.07) is 3.42. The topological polar surface area (TPSA) is 79.8 Å². The molecule has 2 heterocycles. The van der Waals surface area contributed by atoms with Crippen LogP contribution >= 0.6 is 11.6 Å². The van der Waals surface area contributed by atoms with Crippen LogP contribution in [-0.4, -0.2) is 49.5 Å². The number of aliphatic hydroxyl groups is 1. The Kier molecular flexibility index (Phi) is 4.71. The van der Waals surface area contributed by atoms with E-state index in [9.17, 15) is 9.90 Å². The molecule has 2 aliphatic heterocycles. The number of halogens is 1. The second-order valence-electron chi connectivity index (χ2n) is 5.49. The molecule has 0 aliphatic carbocycles. The number of amides is 1.